The van der Waals surface area contributed by atoms with Gasteiger partial charge in [-0.15, -0.1) is 11.3 Å². The summed E-state index contributed by atoms with van der Waals surface area (Å²) in [5.41, 5.74) is 0.417. The molecular formula is C17H25NOS. The largest absolute Gasteiger partial charge is 0.389 e. The van der Waals surface area contributed by atoms with E-state index in [9.17, 15) is 5.11 Å². The Bertz CT molecular complexity index is 516. The highest BCUT2D eigenvalue weighted by Crippen LogP contribution is 2.31. The van der Waals surface area contributed by atoms with Crippen molar-refractivity contribution in [1.29, 1.82) is 0 Å². The molecule has 0 aliphatic heterocycles. The number of aromatic nitrogens is 1. The van der Waals surface area contributed by atoms with Gasteiger partial charge in [0.2, 0.25) is 0 Å². The maximum Gasteiger partial charge on any atom is 0.0967 e. The number of hydrogen-bond donors (Lipinski definition) is 1. The van der Waals surface area contributed by atoms with Crippen LogP contribution in [0.2, 0.25) is 0 Å². The molecule has 2 nitrogen and oxygen atoms in total. The predicted octanol–water partition coefficient (Wildman–Crippen LogP) is 4.66. The van der Waals surface area contributed by atoms with Crippen molar-refractivity contribution in [3.05, 3.63) is 29.3 Å². The fourth-order valence-electron chi connectivity index (χ4n) is 3.02. The molecule has 1 N–H and O–H groups in total. The summed E-state index contributed by atoms with van der Waals surface area (Å²) in [6.45, 7) is 8.68. The lowest BCUT2D eigenvalue weighted by atomic mass is 9.83. The first-order chi connectivity index (χ1) is 9.38. The van der Waals surface area contributed by atoms with Gasteiger partial charge in [-0.1, -0.05) is 39.8 Å². The second kappa shape index (κ2) is 6.23. The molecule has 0 radical (unpaired) electrons. The summed E-state index contributed by atoms with van der Waals surface area (Å²) < 4.78 is 1.21. The van der Waals surface area contributed by atoms with Gasteiger partial charge in [-0.05, 0) is 36.8 Å². The standard InChI is InChI=1S/C17H25NOS/c1-12(2)9-17(19,10-13(3)4)11-16-18-14-7-5-6-8-15(14)20-16/h5-8,12-13,19H,9-11H2,1-4H3. The molecule has 0 spiro atoms. The van der Waals surface area contributed by atoms with E-state index in [0.29, 0.717) is 18.3 Å². The van der Waals surface area contributed by atoms with Gasteiger partial charge in [0, 0.05) is 6.42 Å². The molecule has 0 bridgehead atoms. The number of thiazole rings is 1. The predicted molar refractivity (Wildman–Crippen MR) is 87.2 cm³/mol. The second-order valence-electron chi connectivity index (χ2n) is 6.67. The molecule has 0 unspecified atom stereocenters. The molecule has 1 aromatic carbocycles. The molecule has 0 amide bonds. The van der Waals surface area contributed by atoms with Crippen molar-refractivity contribution in [1.82, 2.24) is 4.98 Å². The van der Waals surface area contributed by atoms with Crippen LogP contribution in [0.3, 0.4) is 0 Å². The van der Waals surface area contributed by atoms with Crippen molar-refractivity contribution in [2.45, 2.75) is 52.6 Å². The first-order valence-corrected chi connectivity index (χ1v) is 8.26. The Morgan fingerprint density at radius 2 is 1.70 bits per heavy atom. The first kappa shape index (κ1) is 15.5. The first-order valence-electron chi connectivity index (χ1n) is 7.45. The van der Waals surface area contributed by atoms with Gasteiger partial charge in [-0.2, -0.15) is 0 Å². The van der Waals surface area contributed by atoms with E-state index in [0.717, 1.165) is 23.4 Å². The third-order valence-corrected chi connectivity index (χ3v) is 4.43. The Kier molecular flexibility index (Phi) is 4.82. The monoisotopic (exact) mass is 291 g/mol. The van der Waals surface area contributed by atoms with E-state index in [1.165, 1.54) is 4.70 Å². The van der Waals surface area contributed by atoms with E-state index in [1.807, 2.05) is 18.2 Å². The molecule has 3 heteroatoms. The van der Waals surface area contributed by atoms with E-state index in [-0.39, 0.29) is 0 Å². The van der Waals surface area contributed by atoms with Gasteiger partial charge >= 0.3 is 0 Å². The van der Waals surface area contributed by atoms with E-state index in [4.69, 9.17) is 0 Å². The van der Waals surface area contributed by atoms with Crippen LogP contribution in [-0.2, 0) is 6.42 Å². The van der Waals surface area contributed by atoms with E-state index in [1.54, 1.807) is 11.3 Å². The third kappa shape index (κ3) is 4.03. The summed E-state index contributed by atoms with van der Waals surface area (Å²) in [4.78, 5) is 4.67. The Morgan fingerprint density at radius 3 is 2.25 bits per heavy atom. The molecular weight excluding hydrogens is 266 g/mol. The van der Waals surface area contributed by atoms with Crippen molar-refractivity contribution in [2.75, 3.05) is 0 Å². The molecule has 0 aliphatic carbocycles. The van der Waals surface area contributed by atoms with Gasteiger partial charge in [0.05, 0.1) is 20.8 Å². The molecule has 110 valence electrons. The van der Waals surface area contributed by atoms with Crippen LogP contribution in [0.25, 0.3) is 10.2 Å². The lowest BCUT2D eigenvalue weighted by Gasteiger charge is -2.31. The molecule has 2 aromatic rings. The van der Waals surface area contributed by atoms with Crippen LogP contribution in [0.5, 0.6) is 0 Å². The van der Waals surface area contributed by atoms with Gasteiger partial charge < -0.3 is 5.11 Å². The number of fused-ring (bicyclic) bond motifs is 1. The minimum atomic E-state index is -0.629. The zero-order valence-corrected chi connectivity index (χ0v) is 13.7. The van der Waals surface area contributed by atoms with Gasteiger partial charge in [-0.25, -0.2) is 4.98 Å². The molecule has 1 aromatic heterocycles. The van der Waals surface area contributed by atoms with Gasteiger partial charge in [0.1, 0.15) is 0 Å². The van der Waals surface area contributed by atoms with Gasteiger partial charge in [0.15, 0.2) is 0 Å². The van der Waals surface area contributed by atoms with Crippen molar-refractivity contribution in [3.63, 3.8) is 0 Å². The Balaban J connectivity index is 2.21. The van der Waals surface area contributed by atoms with Gasteiger partial charge in [-0.3, -0.25) is 0 Å². The quantitative estimate of drug-likeness (QED) is 0.839. The average molecular weight is 291 g/mol. The van der Waals surface area contributed by atoms with Crippen LogP contribution in [0.4, 0.5) is 0 Å². The summed E-state index contributed by atoms with van der Waals surface area (Å²) in [6.07, 6.45) is 2.34. The highest BCUT2D eigenvalue weighted by Gasteiger charge is 2.30. The average Bonchev–Trinajstić information content (AvgIpc) is 2.67. The topological polar surface area (TPSA) is 33.1 Å². The Labute approximate surface area is 125 Å². The number of para-hydroxylation sites is 1. The summed E-state index contributed by atoms with van der Waals surface area (Å²) in [5.74, 6) is 0.987. The van der Waals surface area contributed by atoms with Crippen LogP contribution < -0.4 is 0 Å². The number of nitrogens with zero attached hydrogens (tertiary/aromatic N) is 1. The zero-order valence-electron chi connectivity index (χ0n) is 12.9. The molecule has 0 saturated carbocycles. The zero-order chi connectivity index (χ0) is 14.8. The summed E-state index contributed by atoms with van der Waals surface area (Å²) in [6, 6.07) is 8.19. The van der Waals surface area contributed by atoms with Crippen LogP contribution in [-0.4, -0.2) is 15.7 Å². The minimum Gasteiger partial charge on any atom is -0.389 e. The second-order valence-corrected chi connectivity index (χ2v) is 7.79. The molecule has 20 heavy (non-hydrogen) atoms. The minimum absolute atomic E-state index is 0.494. The summed E-state index contributed by atoms with van der Waals surface area (Å²) in [5, 5.41) is 12.0. The van der Waals surface area contributed by atoms with Crippen LogP contribution in [0.15, 0.2) is 24.3 Å². The van der Waals surface area contributed by atoms with Crippen molar-refractivity contribution < 1.29 is 5.11 Å². The maximum absolute atomic E-state index is 11.0. The fourth-order valence-corrected chi connectivity index (χ4v) is 4.13. The highest BCUT2D eigenvalue weighted by molar-refractivity contribution is 7.18. The maximum atomic E-state index is 11.0. The van der Waals surface area contributed by atoms with Crippen molar-refractivity contribution in [2.24, 2.45) is 11.8 Å². The van der Waals surface area contributed by atoms with E-state index in [2.05, 4.69) is 38.7 Å². The summed E-state index contributed by atoms with van der Waals surface area (Å²) in [7, 11) is 0. The lowest BCUT2D eigenvalue weighted by Crippen LogP contribution is -2.34. The molecule has 2 rings (SSSR count). The smallest absolute Gasteiger partial charge is 0.0967 e. The molecule has 0 fully saturated rings. The van der Waals surface area contributed by atoms with Crippen LogP contribution in [0, 0.1) is 11.8 Å². The van der Waals surface area contributed by atoms with Crippen LogP contribution >= 0.6 is 11.3 Å². The number of hydrogen-bond acceptors (Lipinski definition) is 3. The number of rotatable bonds is 6. The van der Waals surface area contributed by atoms with Gasteiger partial charge in [0.25, 0.3) is 0 Å². The van der Waals surface area contributed by atoms with Crippen LogP contribution in [0.1, 0.15) is 45.5 Å². The van der Waals surface area contributed by atoms with Crippen molar-refractivity contribution >= 4 is 21.6 Å². The molecule has 0 aliphatic rings. The normalized spacial score (nSPS) is 12.8. The summed E-state index contributed by atoms with van der Waals surface area (Å²) >= 11 is 1.71. The SMILES string of the molecule is CC(C)CC(O)(Cc1nc2ccccc2s1)CC(C)C. The Morgan fingerprint density at radius 1 is 1.10 bits per heavy atom. The Hall–Kier alpha value is -0.930. The van der Waals surface area contributed by atoms with E-state index >= 15 is 0 Å². The highest BCUT2D eigenvalue weighted by atomic mass is 32.1. The fraction of sp³-hybridized carbons (Fsp3) is 0.588. The molecule has 1 heterocycles. The van der Waals surface area contributed by atoms with Crippen molar-refractivity contribution in [3.8, 4) is 0 Å². The lowest BCUT2D eigenvalue weighted by molar-refractivity contribution is 0.000753. The third-order valence-electron chi connectivity index (χ3n) is 3.39. The van der Waals surface area contributed by atoms with E-state index < -0.39 is 5.60 Å². The number of benzene rings is 1. The number of aliphatic hydroxyl groups is 1. The molecule has 0 saturated heterocycles. The molecule has 0 atom stereocenters.